The van der Waals surface area contributed by atoms with Crippen LogP contribution in [0.2, 0.25) is 5.02 Å². The molecule has 0 unspecified atom stereocenters. The normalized spacial score (nSPS) is 20.5. The lowest BCUT2D eigenvalue weighted by atomic mass is 9.71. The van der Waals surface area contributed by atoms with Gasteiger partial charge < -0.3 is 15.3 Å². The Bertz CT molecular complexity index is 1530. The van der Waals surface area contributed by atoms with Gasteiger partial charge in [-0.1, -0.05) is 17.7 Å². The first-order valence-electron chi connectivity index (χ1n) is 11.1. The van der Waals surface area contributed by atoms with E-state index in [0.29, 0.717) is 22.1 Å². The number of rotatable bonds is 4. The number of fused-ring (bicyclic) bond motifs is 3. The summed E-state index contributed by atoms with van der Waals surface area (Å²) in [5.41, 5.74) is 7.17. The van der Waals surface area contributed by atoms with Crippen LogP contribution in [0.15, 0.2) is 53.5 Å². The van der Waals surface area contributed by atoms with Gasteiger partial charge in [-0.3, -0.25) is 4.79 Å². The summed E-state index contributed by atoms with van der Waals surface area (Å²) in [6, 6.07) is 10.0. The fourth-order valence-electron chi connectivity index (χ4n) is 5.37. The smallest absolute Gasteiger partial charge is 0.264 e. The number of hydrogen-bond acceptors (Lipinski definition) is 4. The lowest BCUT2D eigenvalue weighted by Crippen LogP contribution is -2.28. The van der Waals surface area contributed by atoms with Gasteiger partial charge in [-0.05, 0) is 60.2 Å². The molecule has 2 aliphatic rings. The molecule has 1 aromatic carbocycles. The lowest BCUT2D eigenvalue weighted by molar-refractivity contribution is 0.152. The van der Waals surface area contributed by atoms with Crippen LogP contribution in [0.3, 0.4) is 0 Å². The highest BCUT2D eigenvalue weighted by atomic mass is 35.5. The van der Waals surface area contributed by atoms with E-state index < -0.39 is 12.4 Å². The third-order valence-corrected chi connectivity index (χ3v) is 7.32. The van der Waals surface area contributed by atoms with Gasteiger partial charge >= 0.3 is 0 Å². The molecule has 0 radical (unpaired) electrons. The predicted molar refractivity (Wildman–Crippen MR) is 126 cm³/mol. The molecule has 1 aliphatic carbocycles. The largest absolute Gasteiger partial charge is 0.384 e. The maximum Gasteiger partial charge on any atom is 0.264 e. The first-order valence-corrected chi connectivity index (χ1v) is 11.5. The van der Waals surface area contributed by atoms with Crippen LogP contribution in [0.25, 0.3) is 22.4 Å². The minimum Gasteiger partial charge on any atom is -0.384 e. The number of nitrogens with one attached hydrogen (secondary N) is 1. The van der Waals surface area contributed by atoms with Crippen LogP contribution in [0.5, 0.6) is 0 Å². The number of anilines is 1. The molecule has 0 spiro atoms. The third kappa shape index (κ3) is 3.44. The average Bonchev–Trinajstić information content (AvgIpc) is 3.34. The topological polar surface area (TPSA) is 89.6 Å². The van der Waals surface area contributed by atoms with Crippen molar-refractivity contribution in [3.8, 4) is 22.4 Å². The van der Waals surface area contributed by atoms with Crippen LogP contribution < -0.4 is 11.3 Å². The Morgan fingerprint density at radius 3 is 2.66 bits per heavy atom. The van der Waals surface area contributed by atoms with Gasteiger partial charge in [0, 0.05) is 28.3 Å². The highest BCUT2D eigenvalue weighted by Gasteiger charge is 2.48. The quantitative estimate of drug-likeness (QED) is 0.353. The van der Waals surface area contributed by atoms with E-state index in [0.717, 1.165) is 18.5 Å². The summed E-state index contributed by atoms with van der Waals surface area (Å²) < 4.78 is 43.4. The number of H-pyrrole nitrogens is 1. The Morgan fingerprint density at radius 1 is 1.11 bits per heavy atom. The second-order valence-electron chi connectivity index (χ2n) is 8.96. The number of pyridine rings is 2. The number of nitrogens with zero attached hydrogens (tertiary/aromatic N) is 3. The molecule has 3 atom stereocenters. The standard InChI is InChI=1S/C25H19ClF3N5O/c26-12-1-2-15(23(27)28)17(9-12)11-7-19-13-3-4-14(13)22(34(19)21(35)8-11)25-31-10-18(32-25)16-5-6-20(30)33-24(16)29/h1-2,5-10,13-14,22-23H,3-4H2,(H2,30,33)(H,31,32)/t13-,14+,22+/m1/s1. The van der Waals surface area contributed by atoms with Crippen LogP contribution in [0, 0.1) is 11.9 Å². The molecule has 3 aromatic heterocycles. The number of benzene rings is 1. The molecule has 6 rings (SSSR count). The fourth-order valence-corrected chi connectivity index (χ4v) is 5.54. The summed E-state index contributed by atoms with van der Waals surface area (Å²) in [6.45, 7) is 0. The Labute approximate surface area is 202 Å². The first-order chi connectivity index (χ1) is 16.8. The minimum atomic E-state index is -2.70. The minimum absolute atomic E-state index is 0.0741. The number of nitrogen functional groups attached to an aromatic ring is 1. The fraction of sp³-hybridized carbons (Fsp3) is 0.240. The SMILES string of the molecule is Nc1ccc(-c2cnc([C@@H]3[C@H]4CC[C@H]4c4cc(-c5cc(Cl)ccc5C(F)F)cc(=O)n43)[nH]2)c(F)n1. The van der Waals surface area contributed by atoms with E-state index in [1.54, 1.807) is 4.57 Å². The second-order valence-corrected chi connectivity index (χ2v) is 9.39. The third-order valence-electron chi connectivity index (χ3n) is 7.09. The molecule has 1 aliphatic heterocycles. The van der Waals surface area contributed by atoms with Gasteiger partial charge in [0.25, 0.3) is 12.0 Å². The summed E-state index contributed by atoms with van der Waals surface area (Å²) in [5.74, 6) is 0.123. The molecule has 0 saturated heterocycles. The zero-order valence-electron chi connectivity index (χ0n) is 18.2. The van der Waals surface area contributed by atoms with Crippen molar-refractivity contribution in [2.75, 3.05) is 5.73 Å². The molecule has 35 heavy (non-hydrogen) atoms. The van der Waals surface area contributed by atoms with Crippen molar-refractivity contribution in [1.29, 1.82) is 0 Å². The highest BCUT2D eigenvalue weighted by molar-refractivity contribution is 6.30. The number of alkyl halides is 2. The van der Waals surface area contributed by atoms with E-state index in [9.17, 15) is 18.0 Å². The Balaban J connectivity index is 1.44. The molecule has 6 nitrogen and oxygen atoms in total. The van der Waals surface area contributed by atoms with Gasteiger partial charge in [-0.15, -0.1) is 0 Å². The molecule has 0 bridgehead atoms. The van der Waals surface area contributed by atoms with Crippen molar-refractivity contribution in [1.82, 2.24) is 19.5 Å². The van der Waals surface area contributed by atoms with Gasteiger partial charge in [0.15, 0.2) is 0 Å². The van der Waals surface area contributed by atoms with Crippen LogP contribution >= 0.6 is 11.6 Å². The van der Waals surface area contributed by atoms with Crippen molar-refractivity contribution in [2.45, 2.75) is 31.2 Å². The number of aromatic nitrogens is 4. The highest BCUT2D eigenvalue weighted by Crippen LogP contribution is 2.55. The van der Waals surface area contributed by atoms with Gasteiger partial charge in [0.05, 0.1) is 23.5 Å². The van der Waals surface area contributed by atoms with Gasteiger partial charge in [-0.2, -0.15) is 4.39 Å². The predicted octanol–water partition coefficient (Wildman–Crippen LogP) is 5.71. The Morgan fingerprint density at radius 2 is 1.94 bits per heavy atom. The van der Waals surface area contributed by atoms with Crippen molar-refractivity contribution < 1.29 is 13.2 Å². The monoisotopic (exact) mass is 497 g/mol. The molecule has 1 saturated carbocycles. The van der Waals surface area contributed by atoms with Crippen molar-refractivity contribution in [2.24, 2.45) is 5.92 Å². The number of nitrogens with two attached hydrogens (primary N) is 1. The van der Waals surface area contributed by atoms with Gasteiger partial charge in [0.2, 0.25) is 5.95 Å². The summed E-state index contributed by atoms with van der Waals surface area (Å²) >= 11 is 6.09. The van der Waals surface area contributed by atoms with E-state index in [1.807, 2.05) is 6.07 Å². The number of hydrogen-bond donors (Lipinski definition) is 2. The van der Waals surface area contributed by atoms with Crippen LogP contribution in [-0.4, -0.2) is 19.5 Å². The Hall–Kier alpha value is -3.59. The van der Waals surface area contributed by atoms with Crippen LogP contribution in [-0.2, 0) is 0 Å². The summed E-state index contributed by atoms with van der Waals surface area (Å²) in [7, 11) is 0. The van der Waals surface area contributed by atoms with Crippen LogP contribution in [0.1, 0.15) is 48.3 Å². The molecule has 1 fully saturated rings. The number of aromatic amines is 1. The van der Waals surface area contributed by atoms with Crippen LogP contribution in [0.4, 0.5) is 19.0 Å². The zero-order chi connectivity index (χ0) is 24.4. The maximum atomic E-state index is 14.3. The number of halogens is 4. The molecule has 178 valence electrons. The second kappa shape index (κ2) is 7.98. The van der Waals surface area contributed by atoms with E-state index >= 15 is 0 Å². The van der Waals surface area contributed by atoms with E-state index in [-0.39, 0.29) is 45.9 Å². The molecule has 0 amide bonds. The summed E-state index contributed by atoms with van der Waals surface area (Å²) in [6.07, 6.45) is 0.578. The molecule has 4 heterocycles. The van der Waals surface area contributed by atoms with Crippen molar-refractivity contribution >= 4 is 17.4 Å². The molecular formula is C25H19ClF3N5O. The zero-order valence-corrected chi connectivity index (χ0v) is 18.9. The molecule has 4 aromatic rings. The lowest BCUT2D eigenvalue weighted by Gasteiger charge is -2.32. The van der Waals surface area contributed by atoms with Gasteiger partial charge in [0.1, 0.15) is 11.6 Å². The number of imidazole rings is 1. The van der Waals surface area contributed by atoms with Gasteiger partial charge in [-0.25, -0.2) is 18.7 Å². The van der Waals surface area contributed by atoms with E-state index in [2.05, 4.69) is 15.0 Å². The summed E-state index contributed by atoms with van der Waals surface area (Å²) in [4.78, 5) is 24.6. The van der Waals surface area contributed by atoms with Crippen molar-refractivity contribution in [3.63, 3.8) is 0 Å². The summed E-state index contributed by atoms with van der Waals surface area (Å²) in [5, 5.41) is 0.317. The first kappa shape index (κ1) is 21.9. The molecule has 10 heteroatoms. The van der Waals surface area contributed by atoms with E-state index in [4.69, 9.17) is 17.3 Å². The molecular weight excluding hydrogens is 479 g/mol. The Kier molecular flexibility index (Phi) is 5.00. The van der Waals surface area contributed by atoms with Crippen molar-refractivity contribution in [3.05, 3.63) is 87.1 Å². The maximum absolute atomic E-state index is 14.3. The average molecular weight is 498 g/mol. The molecule has 3 N–H and O–H groups in total. The van der Waals surface area contributed by atoms with E-state index in [1.165, 1.54) is 42.6 Å².